The maximum atomic E-state index is 13.0. The molecule has 7 nitrogen and oxygen atoms in total. The molecule has 3 aromatic rings. The number of amides is 2. The number of nitrogens with zero attached hydrogens (tertiary/aromatic N) is 1. The Morgan fingerprint density at radius 1 is 1.03 bits per heavy atom. The molecule has 0 saturated carbocycles. The standard InChI is InChI=1S/C23H25N3O4/c1-14-23(28)26(13-15-8-9-17(29-2)11-21(15)30-3)20(22(27)25-14)10-16-12-24-19-7-5-4-6-18(16)19/h4-9,11-12,14,20,24H,10,13H2,1-3H3,(H,25,27)/t14-,20+/m0/s1. The van der Waals surface area contributed by atoms with Crippen molar-refractivity contribution in [2.24, 2.45) is 0 Å². The quantitative estimate of drug-likeness (QED) is 0.658. The number of benzene rings is 2. The van der Waals surface area contributed by atoms with Crippen LogP contribution in [0.4, 0.5) is 0 Å². The van der Waals surface area contributed by atoms with E-state index in [1.165, 1.54) is 0 Å². The van der Waals surface area contributed by atoms with Gasteiger partial charge in [-0.2, -0.15) is 0 Å². The molecule has 1 aliphatic rings. The first kappa shape index (κ1) is 19.8. The van der Waals surface area contributed by atoms with Crippen molar-refractivity contribution < 1.29 is 19.1 Å². The number of nitrogens with one attached hydrogen (secondary N) is 2. The number of carbonyl (C=O) groups excluding carboxylic acids is 2. The minimum Gasteiger partial charge on any atom is -0.497 e. The average Bonchev–Trinajstić information content (AvgIpc) is 3.17. The zero-order chi connectivity index (χ0) is 21.3. The fraction of sp³-hybridized carbons (Fsp3) is 0.304. The monoisotopic (exact) mass is 407 g/mol. The Bertz CT molecular complexity index is 1090. The van der Waals surface area contributed by atoms with Crippen molar-refractivity contribution in [1.82, 2.24) is 15.2 Å². The van der Waals surface area contributed by atoms with Crippen LogP contribution in [0.5, 0.6) is 11.5 Å². The van der Waals surface area contributed by atoms with Gasteiger partial charge >= 0.3 is 0 Å². The van der Waals surface area contributed by atoms with Crippen LogP contribution < -0.4 is 14.8 Å². The third kappa shape index (κ3) is 3.58. The van der Waals surface area contributed by atoms with Gasteiger partial charge in [0.25, 0.3) is 0 Å². The van der Waals surface area contributed by atoms with Gasteiger partial charge in [0.2, 0.25) is 11.8 Å². The number of aromatic amines is 1. The topological polar surface area (TPSA) is 83.7 Å². The highest BCUT2D eigenvalue weighted by Crippen LogP contribution is 2.29. The van der Waals surface area contributed by atoms with Gasteiger partial charge in [-0.25, -0.2) is 0 Å². The summed E-state index contributed by atoms with van der Waals surface area (Å²) in [6.45, 7) is 1.98. The van der Waals surface area contributed by atoms with E-state index < -0.39 is 12.1 Å². The van der Waals surface area contributed by atoms with E-state index in [0.29, 0.717) is 17.9 Å². The number of aromatic nitrogens is 1. The van der Waals surface area contributed by atoms with Crippen molar-refractivity contribution in [1.29, 1.82) is 0 Å². The molecule has 2 N–H and O–H groups in total. The molecule has 4 rings (SSSR count). The summed E-state index contributed by atoms with van der Waals surface area (Å²) in [4.78, 5) is 30.8. The van der Waals surface area contributed by atoms with Gasteiger partial charge in [-0.1, -0.05) is 18.2 Å². The molecule has 156 valence electrons. The van der Waals surface area contributed by atoms with E-state index in [4.69, 9.17) is 9.47 Å². The number of piperazine rings is 1. The number of hydrogen-bond donors (Lipinski definition) is 2. The molecule has 1 fully saturated rings. The normalized spacial score (nSPS) is 19.1. The zero-order valence-electron chi connectivity index (χ0n) is 17.3. The largest absolute Gasteiger partial charge is 0.497 e. The number of carbonyl (C=O) groups is 2. The summed E-state index contributed by atoms with van der Waals surface area (Å²) < 4.78 is 10.8. The van der Waals surface area contributed by atoms with Gasteiger partial charge < -0.3 is 24.7 Å². The van der Waals surface area contributed by atoms with E-state index in [1.54, 1.807) is 32.1 Å². The van der Waals surface area contributed by atoms with Crippen LogP contribution in [-0.4, -0.2) is 48.0 Å². The van der Waals surface area contributed by atoms with E-state index in [0.717, 1.165) is 22.0 Å². The minimum absolute atomic E-state index is 0.114. The predicted octanol–water partition coefficient (Wildman–Crippen LogP) is 2.64. The van der Waals surface area contributed by atoms with Crippen LogP contribution in [0.15, 0.2) is 48.7 Å². The maximum Gasteiger partial charge on any atom is 0.245 e. The molecular formula is C23H25N3O4. The Labute approximate surface area is 175 Å². The number of methoxy groups -OCH3 is 2. The second-order valence-corrected chi connectivity index (χ2v) is 7.45. The first-order chi connectivity index (χ1) is 14.5. The second-order valence-electron chi connectivity index (χ2n) is 7.45. The fourth-order valence-electron chi connectivity index (χ4n) is 3.98. The van der Waals surface area contributed by atoms with Crippen LogP contribution in [0, 0.1) is 0 Å². The van der Waals surface area contributed by atoms with Gasteiger partial charge in [0, 0.05) is 35.2 Å². The van der Waals surface area contributed by atoms with E-state index in [1.807, 2.05) is 42.6 Å². The Kier molecular flexibility index (Phi) is 5.35. The summed E-state index contributed by atoms with van der Waals surface area (Å²) in [5.74, 6) is 1.02. The molecular weight excluding hydrogens is 382 g/mol. The molecule has 1 aliphatic heterocycles. The van der Waals surface area contributed by atoms with Crippen LogP contribution in [0.2, 0.25) is 0 Å². The summed E-state index contributed by atoms with van der Waals surface area (Å²) in [6, 6.07) is 12.2. The van der Waals surface area contributed by atoms with Crippen molar-refractivity contribution in [3.05, 3.63) is 59.8 Å². The number of fused-ring (bicyclic) bond motifs is 1. The van der Waals surface area contributed by atoms with Gasteiger partial charge in [0.1, 0.15) is 23.6 Å². The van der Waals surface area contributed by atoms with Crippen LogP contribution in [-0.2, 0) is 22.6 Å². The molecule has 0 unspecified atom stereocenters. The van der Waals surface area contributed by atoms with E-state index in [2.05, 4.69) is 10.3 Å². The minimum atomic E-state index is -0.611. The molecule has 2 heterocycles. The van der Waals surface area contributed by atoms with Crippen molar-refractivity contribution in [2.75, 3.05) is 14.2 Å². The Morgan fingerprint density at radius 2 is 1.83 bits per heavy atom. The maximum absolute atomic E-state index is 13.0. The third-order valence-corrected chi connectivity index (χ3v) is 5.61. The molecule has 1 saturated heterocycles. The van der Waals surface area contributed by atoms with Crippen LogP contribution in [0.25, 0.3) is 10.9 Å². The summed E-state index contributed by atoms with van der Waals surface area (Å²) in [5.41, 5.74) is 2.82. The highest BCUT2D eigenvalue weighted by Gasteiger charge is 2.39. The van der Waals surface area contributed by atoms with Gasteiger partial charge in [-0.15, -0.1) is 0 Å². The molecule has 0 bridgehead atoms. The Morgan fingerprint density at radius 3 is 2.60 bits per heavy atom. The van der Waals surface area contributed by atoms with Crippen LogP contribution in [0.3, 0.4) is 0 Å². The van der Waals surface area contributed by atoms with Crippen LogP contribution in [0.1, 0.15) is 18.1 Å². The third-order valence-electron chi connectivity index (χ3n) is 5.61. The number of ether oxygens (including phenoxy) is 2. The molecule has 30 heavy (non-hydrogen) atoms. The molecule has 2 aromatic carbocycles. The highest BCUT2D eigenvalue weighted by atomic mass is 16.5. The van der Waals surface area contributed by atoms with Gasteiger partial charge in [0.15, 0.2) is 0 Å². The molecule has 0 spiro atoms. The molecule has 0 aliphatic carbocycles. The summed E-state index contributed by atoms with van der Waals surface area (Å²) in [5, 5.41) is 3.86. The SMILES string of the molecule is COc1ccc(CN2C(=O)[C@H](C)NC(=O)[C@H]2Cc2c[nH]c3ccccc23)c(OC)c1. The Hall–Kier alpha value is -3.48. The highest BCUT2D eigenvalue weighted by molar-refractivity contribution is 5.97. The number of para-hydroxylation sites is 1. The molecule has 7 heteroatoms. The zero-order valence-corrected chi connectivity index (χ0v) is 17.3. The molecule has 1 aromatic heterocycles. The summed E-state index contributed by atoms with van der Waals surface area (Å²) in [7, 11) is 3.17. The van der Waals surface area contributed by atoms with Crippen molar-refractivity contribution in [3.63, 3.8) is 0 Å². The molecule has 0 radical (unpaired) electrons. The summed E-state index contributed by atoms with van der Waals surface area (Å²) >= 11 is 0. The lowest BCUT2D eigenvalue weighted by Crippen LogP contribution is -2.62. The van der Waals surface area contributed by atoms with Crippen LogP contribution >= 0.6 is 0 Å². The number of H-pyrrole nitrogens is 1. The van der Waals surface area contributed by atoms with Gasteiger partial charge in [0.05, 0.1) is 20.8 Å². The average molecular weight is 407 g/mol. The fourth-order valence-corrected chi connectivity index (χ4v) is 3.98. The lowest BCUT2D eigenvalue weighted by Gasteiger charge is -2.38. The number of hydrogen-bond acceptors (Lipinski definition) is 4. The van der Waals surface area contributed by atoms with E-state index >= 15 is 0 Å². The smallest absolute Gasteiger partial charge is 0.245 e. The van der Waals surface area contributed by atoms with E-state index in [9.17, 15) is 9.59 Å². The van der Waals surface area contributed by atoms with Crippen molar-refractivity contribution in [3.8, 4) is 11.5 Å². The predicted molar refractivity (Wildman–Crippen MR) is 113 cm³/mol. The van der Waals surface area contributed by atoms with Gasteiger partial charge in [-0.3, -0.25) is 9.59 Å². The lowest BCUT2D eigenvalue weighted by atomic mass is 9.98. The van der Waals surface area contributed by atoms with E-state index in [-0.39, 0.29) is 18.4 Å². The summed E-state index contributed by atoms with van der Waals surface area (Å²) in [6.07, 6.45) is 2.33. The second kappa shape index (κ2) is 8.10. The molecule has 2 atom stereocenters. The lowest BCUT2D eigenvalue weighted by molar-refractivity contribution is -0.149. The first-order valence-corrected chi connectivity index (χ1v) is 9.88. The van der Waals surface area contributed by atoms with Crippen molar-refractivity contribution >= 4 is 22.7 Å². The Balaban J connectivity index is 1.67. The van der Waals surface area contributed by atoms with Gasteiger partial charge in [-0.05, 0) is 30.7 Å². The molecule has 2 amide bonds. The number of rotatable bonds is 6. The van der Waals surface area contributed by atoms with Crippen molar-refractivity contribution in [2.45, 2.75) is 32.0 Å². The first-order valence-electron chi connectivity index (χ1n) is 9.88.